The summed E-state index contributed by atoms with van der Waals surface area (Å²) in [7, 11) is 1.50. The number of carbonyl (C=O) groups excluding carboxylic acids is 3. The first-order valence-corrected chi connectivity index (χ1v) is 23.5. The highest BCUT2D eigenvalue weighted by Gasteiger charge is 2.47. The van der Waals surface area contributed by atoms with Crippen LogP contribution >= 0.6 is 11.6 Å². The Bertz CT molecular complexity index is 2710. The lowest BCUT2D eigenvalue weighted by atomic mass is 9.95. The number of rotatable bonds is 15. The summed E-state index contributed by atoms with van der Waals surface area (Å²) >= 11 is 6.58. The second-order valence-electron chi connectivity index (χ2n) is 17.3. The van der Waals surface area contributed by atoms with Crippen LogP contribution in [0.2, 0.25) is 0 Å². The quantitative estimate of drug-likeness (QED) is 0.0426. The Balaban J connectivity index is 0.967. The molecule has 9 rings (SSSR count). The molecule has 2 unspecified atom stereocenters. The Morgan fingerprint density at radius 2 is 1.62 bits per heavy atom. The molecular formula is C52H53ClN4O11. The number of methoxy groups -OCH3 is 1. The zero-order chi connectivity index (χ0) is 47.3. The fourth-order valence-corrected chi connectivity index (χ4v) is 9.97. The van der Waals surface area contributed by atoms with Gasteiger partial charge in [-0.05, 0) is 84.4 Å². The van der Waals surface area contributed by atoms with Crippen molar-refractivity contribution in [2.75, 3.05) is 49.1 Å². The molecule has 5 aromatic rings. The van der Waals surface area contributed by atoms with Crippen molar-refractivity contribution in [2.24, 2.45) is 0 Å². The van der Waals surface area contributed by atoms with Crippen LogP contribution in [0.3, 0.4) is 0 Å². The fourth-order valence-electron chi connectivity index (χ4n) is 9.72. The van der Waals surface area contributed by atoms with Crippen LogP contribution in [-0.2, 0) is 38.6 Å². The summed E-state index contributed by atoms with van der Waals surface area (Å²) < 4.78 is 36.9. The Morgan fingerprint density at radius 3 is 2.37 bits per heavy atom. The van der Waals surface area contributed by atoms with Gasteiger partial charge >= 0.3 is 6.09 Å². The van der Waals surface area contributed by atoms with Crippen LogP contribution in [0.15, 0.2) is 104 Å². The number of non-ortho nitro benzene ring substituents is 1. The zero-order valence-corrected chi connectivity index (χ0v) is 38.6. The molecule has 0 aromatic heterocycles. The molecule has 2 fully saturated rings. The number of anilines is 2. The molecule has 0 radical (unpaired) electrons. The molecule has 4 atom stereocenters. The average Bonchev–Trinajstić information content (AvgIpc) is 3.72. The zero-order valence-electron chi connectivity index (χ0n) is 37.8. The van der Waals surface area contributed by atoms with Crippen LogP contribution in [-0.4, -0.2) is 85.6 Å². The van der Waals surface area contributed by atoms with Crippen molar-refractivity contribution in [3.05, 3.63) is 142 Å². The standard InChI is InChI=1S/C52H53ClN4O11/c1-3-22-65-52(60)56-42-27-46(45(63-2)26-40(42)50(59)54-21-8-6-15-41(54)51(56)68-48-16-7-9-23-64-48)67-32-35-12-10-11-34(24-35)25-47(58)55-30-36(29-53)49-39-14-5-4-13-38(39)44(28-43(49)55)66-31-33-17-19-37(20-18-33)57(61)62/h3-5,10-14,17-20,24,26-28,36,41,48,51H,1,6-9,15-16,21-23,25,29-32H2,2H3/t36-,41+,48?,51?/m1/s1. The summed E-state index contributed by atoms with van der Waals surface area (Å²) in [6.07, 6.45) is 4.19. The first-order valence-electron chi connectivity index (χ1n) is 23.0. The van der Waals surface area contributed by atoms with Crippen LogP contribution in [0.5, 0.6) is 17.2 Å². The van der Waals surface area contributed by atoms with Crippen LogP contribution in [0.4, 0.5) is 21.9 Å². The molecule has 4 aliphatic heterocycles. The number of alkyl halides is 1. The van der Waals surface area contributed by atoms with Gasteiger partial charge in [0.2, 0.25) is 5.91 Å². The minimum Gasteiger partial charge on any atom is -0.493 e. The Labute approximate surface area is 399 Å². The van der Waals surface area contributed by atoms with Gasteiger partial charge in [0.05, 0.1) is 41.4 Å². The number of hydrogen-bond donors (Lipinski definition) is 0. The molecule has 4 aliphatic rings. The summed E-state index contributed by atoms with van der Waals surface area (Å²) in [5, 5.41) is 13.0. The largest absolute Gasteiger partial charge is 0.493 e. The second-order valence-corrected chi connectivity index (χ2v) is 17.7. The van der Waals surface area contributed by atoms with Gasteiger partial charge in [0.1, 0.15) is 25.6 Å². The predicted octanol–water partition coefficient (Wildman–Crippen LogP) is 9.83. The fraction of sp³-hybridized carbons (Fsp3) is 0.365. The molecule has 2 saturated heterocycles. The first-order chi connectivity index (χ1) is 33.1. The predicted molar refractivity (Wildman–Crippen MR) is 256 cm³/mol. The molecule has 0 N–H and O–H groups in total. The smallest absolute Gasteiger partial charge is 0.416 e. The maximum absolute atomic E-state index is 14.4. The van der Waals surface area contributed by atoms with Crippen molar-refractivity contribution in [2.45, 2.75) is 82.6 Å². The lowest BCUT2D eigenvalue weighted by molar-refractivity contribution is -0.384. The number of halogens is 1. The van der Waals surface area contributed by atoms with E-state index in [1.54, 1.807) is 34.1 Å². The molecule has 0 spiro atoms. The first kappa shape index (κ1) is 46.4. The number of ether oxygens (including phenoxy) is 6. The Morgan fingerprint density at radius 1 is 0.868 bits per heavy atom. The van der Waals surface area contributed by atoms with Crippen molar-refractivity contribution >= 4 is 57.3 Å². The lowest BCUT2D eigenvalue weighted by Gasteiger charge is -2.42. The highest BCUT2D eigenvalue weighted by atomic mass is 35.5. The summed E-state index contributed by atoms with van der Waals surface area (Å²) in [5.41, 5.74) is 4.52. The number of hydrogen-bond acceptors (Lipinski definition) is 11. The van der Waals surface area contributed by atoms with E-state index >= 15 is 0 Å². The number of amides is 3. The van der Waals surface area contributed by atoms with Gasteiger partial charge in [0, 0.05) is 61.1 Å². The maximum atomic E-state index is 14.4. The molecule has 68 heavy (non-hydrogen) atoms. The molecule has 3 amide bonds. The molecule has 0 aliphatic carbocycles. The van der Waals surface area contributed by atoms with Crippen LogP contribution in [0.25, 0.3) is 10.8 Å². The van der Waals surface area contributed by atoms with E-state index in [1.807, 2.05) is 54.6 Å². The SMILES string of the molecule is C=CCOC(=O)N1c2cc(OCc3cccc(CC(=O)N4C[C@@H](CCl)c5c4cc(OCc4ccc([N+](=O)[O-])cc4)c4ccccc54)c3)c(OC)cc2C(=O)N2CCCC[C@H]2C1OC1CCCCO1. The molecule has 4 heterocycles. The molecule has 354 valence electrons. The summed E-state index contributed by atoms with van der Waals surface area (Å²) in [4.78, 5) is 58.7. The Hall–Kier alpha value is -6.68. The normalized spacial score (nSPS) is 19.9. The number of carbonyl (C=O) groups is 3. The number of nitro benzene ring substituents is 1. The lowest BCUT2D eigenvalue weighted by Crippen LogP contribution is -2.57. The van der Waals surface area contributed by atoms with Crippen molar-refractivity contribution in [1.29, 1.82) is 0 Å². The molecule has 0 bridgehead atoms. The number of fused-ring (bicyclic) bond motifs is 5. The second kappa shape index (κ2) is 20.7. The third-order valence-electron chi connectivity index (χ3n) is 13.0. The number of nitrogens with zero attached hydrogens (tertiary/aromatic N) is 4. The monoisotopic (exact) mass is 944 g/mol. The van der Waals surface area contributed by atoms with E-state index in [9.17, 15) is 24.5 Å². The van der Waals surface area contributed by atoms with Crippen LogP contribution < -0.4 is 24.0 Å². The third-order valence-corrected chi connectivity index (χ3v) is 13.4. The third kappa shape index (κ3) is 9.55. The van der Waals surface area contributed by atoms with Crippen molar-refractivity contribution in [3.8, 4) is 17.2 Å². The molecular weight excluding hydrogens is 892 g/mol. The molecule has 15 nitrogen and oxygen atoms in total. The highest BCUT2D eigenvalue weighted by molar-refractivity contribution is 6.19. The molecule has 16 heteroatoms. The van der Waals surface area contributed by atoms with Gasteiger partial charge in [-0.3, -0.25) is 19.7 Å². The van der Waals surface area contributed by atoms with Gasteiger partial charge in [0.15, 0.2) is 24.0 Å². The van der Waals surface area contributed by atoms with E-state index in [1.165, 1.54) is 30.2 Å². The summed E-state index contributed by atoms with van der Waals surface area (Å²) in [5.74, 6) is 0.995. The average molecular weight is 945 g/mol. The van der Waals surface area contributed by atoms with Gasteiger partial charge in [-0.25, -0.2) is 9.69 Å². The van der Waals surface area contributed by atoms with E-state index in [4.69, 9.17) is 40.0 Å². The van der Waals surface area contributed by atoms with Crippen LogP contribution in [0.1, 0.15) is 77.1 Å². The Kier molecular flexibility index (Phi) is 14.1. The van der Waals surface area contributed by atoms with Crippen molar-refractivity contribution in [3.63, 3.8) is 0 Å². The number of nitro groups is 1. The molecule has 5 aromatic carbocycles. The number of piperidine rings is 1. The molecule has 0 saturated carbocycles. The van der Waals surface area contributed by atoms with E-state index in [0.29, 0.717) is 49.9 Å². The van der Waals surface area contributed by atoms with Gasteiger partial charge in [0.25, 0.3) is 11.6 Å². The van der Waals surface area contributed by atoms with Crippen molar-refractivity contribution < 1.29 is 47.7 Å². The minimum absolute atomic E-state index is 0.00259. The van der Waals surface area contributed by atoms with Gasteiger partial charge in [-0.1, -0.05) is 61.2 Å². The van der Waals surface area contributed by atoms with Crippen molar-refractivity contribution in [1.82, 2.24) is 4.90 Å². The van der Waals surface area contributed by atoms with E-state index in [2.05, 4.69) is 6.58 Å². The minimum atomic E-state index is -0.904. The summed E-state index contributed by atoms with van der Waals surface area (Å²) in [6.45, 7) is 5.34. The maximum Gasteiger partial charge on any atom is 0.416 e. The van der Waals surface area contributed by atoms with E-state index in [-0.39, 0.29) is 66.7 Å². The van der Waals surface area contributed by atoms with Gasteiger partial charge < -0.3 is 38.2 Å². The highest BCUT2D eigenvalue weighted by Crippen LogP contribution is 2.47. The summed E-state index contributed by atoms with van der Waals surface area (Å²) in [6, 6.07) is 26.3. The van der Waals surface area contributed by atoms with Gasteiger partial charge in [-0.15, -0.1) is 11.6 Å². The topological polar surface area (TPSA) is 159 Å². The van der Waals surface area contributed by atoms with E-state index in [0.717, 1.165) is 64.4 Å². The van der Waals surface area contributed by atoms with Crippen LogP contribution in [0, 0.1) is 10.1 Å². The van der Waals surface area contributed by atoms with E-state index < -0.39 is 29.6 Å². The number of benzene rings is 5. The van der Waals surface area contributed by atoms with Gasteiger partial charge in [-0.2, -0.15) is 0 Å².